The largest absolute Gasteiger partial charge is 0.364 e. The Morgan fingerprint density at radius 1 is 1.67 bits per heavy atom. The maximum atomic E-state index is 4.87. The van der Waals surface area contributed by atoms with Crippen molar-refractivity contribution in [2.45, 2.75) is 19.4 Å². The lowest BCUT2D eigenvalue weighted by Crippen LogP contribution is -2.13. The fourth-order valence-corrected chi connectivity index (χ4v) is 1.46. The zero-order valence-corrected chi connectivity index (χ0v) is 7.19. The van der Waals surface area contributed by atoms with E-state index in [1.165, 1.54) is 0 Å². The van der Waals surface area contributed by atoms with E-state index in [1.807, 2.05) is 25.2 Å². The first-order valence-corrected chi connectivity index (χ1v) is 3.95. The van der Waals surface area contributed by atoms with Crippen molar-refractivity contribution in [3.63, 3.8) is 0 Å². The van der Waals surface area contributed by atoms with E-state index in [0.717, 1.165) is 17.7 Å². The summed E-state index contributed by atoms with van der Waals surface area (Å²) in [6.45, 7) is 1.95. The number of hydrazone groups is 1. The Labute approximate surface area is 70.8 Å². The van der Waals surface area contributed by atoms with Crippen LogP contribution < -0.4 is 0 Å². The summed E-state index contributed by atoms with van der Waals surface area (Å²) in [6, 6.07) is 0.316. The van der Waals surface area contributed by atoms with Crippen molar-refractivity contribution in [3.8, 4) is 0 Å². The van der Waals surface area contributed by atoms with E-state index in [9.17, 15) is 0 Å². The molecule has 1 unspecified atom stereocenters. The van der Waals surface area contributed by atoms with Crippen LogP contribution in [0, 0.1) is 6.92 Å². The molecule has 1 aromatic heterocycles. The van der Waals surface area contributed by atoms with E-state index in [0.29, 0.717) is 6.04 Å². The molecule has 1 aliphatic heterocycles. The van der Waals surface area contributed by atoms with Crippen molar-refractivity contribution < 1.29 is 4.52 Å². The van der Waals surface area contributed by atoms with Crippen molar-refractivity contribution >= 4 is 6.21 Å². The minimum Gasteiger partial charge on any atom is -0.364 e. The second-order valence-corrected chi connectivity index (χ2v) is 2.98. The van der Waals surface area contributed by atoms with Gasteiger partial charge in [0, 0.05) is 25.2 Å². The lowest BCUT2D eigenvalue weighted by Gasteiger charge is -2.17. The molecular formula is C8H11N3O. The van der Waals surface area contributed by atoms with Gasteiger partial charge in [0.05, 0.1) is 11.7 Å². The summed E-state index contributed by atoms with van der Waals surface area (Å²) in [7, 11) is 1.96. The molecule has 0 spiro atoms. The smallest absolute Gasteiger partial charge is 0.129 e. The zero-order chi connectivity index (χ0) is 8.55. The highest BCUT2D eigenvalue weighted by Gasteiger charge is 2.22. The maximum absolute atomic E-state index is 4.87. The molecule has 0 saturated carbocycles. The van der Waals surface area contributed by atoms with Gasteiger partial charge in [-0.25, -0.2) is 0 Å². The zero-order valence-electron chi connectivity index (χ0n) is 7.19. The third kappa shape index (κ3) is 0.995. The summed E-state index contributed by atoms with van der Waals surface area (Å²) in [5.74, 6) is 0. The first-order valence-electron chi connectivity index (χ1n) is 3.95. The van der Waals surface area contributed by atoms with Crippen LogP contribution in [0.1, 0.15) is 23.7 Å². The van der Waals surface area contributed by atoms with E-state index < -0.39 is 0 Å². The lowest BCUT2D eigenvalue weighted by atomic mass is 10.1. The van der Waals surface area contributed by atoms with Gasteiger partial charge in [0.25, 0.3) is 0 Å². The third-order valence-corrected chi connectivity index (χ3v) is 2.19. The summed E-state index contributed by atoms with van der Waals surface area (Å²) in [5.41, 5.74) is 2.09. The molecule has 1 aromatic rings. The summed E-state index contributed by atoms with van der Waals surface area (Å²) < 4.78 is 4.87. The molecule has 12 heavy (non-hydrogen) atoms. The van der Waals surface area contributed by atoms with Crippen LogP contribution in [0.2, 0.25) is 0 Å². The summed E-state index contributed by atoms with van der Waals surface area (Å²) in [6.07, 6.45) is 4.56. The third-order valence-electron chi connectivity index (χ3n) is 2.19. The fourth-order valence-electron chi connectivity index (χ4n) is 1.46. The Morgan fingerprint density at radius 3 is 3.00 bits per heavy atom. The number of hydrogen-bond donors (Lipinski definition) is 0. The van der Waals surface area contributed by atoms with Crippen LogP contribution in [-0.2, 0) is 0 Å². The highest BCUT2D eigenvalue weighted by atomic mass is 16.5. The van der Waals surface area contributed by atoms with Gasteiger partial charge >= 0.3 is 0 Å². The summed E-state index contributed by atoms with van der Waals surface area (Å²) >= 11 is 0. The molecule has 0 aromatic carbocycles. The minimum atomic E-state index is 0.316. The van der Waals surface area contributed by atoms with Crippen molar-refractivity contribution in [1.82, 2.24) is 10.2 Å². The number of hydrogen-bond acceptors (Lipinski definition) is 4. The van der Waals surface area contributed by atoms with Crippen LogP contribution in [0.3, 0.4) is 0 Å². The van der Waals surface area contributed by atoms with Gasteiger partial charge in [-0.2, -0.15) is 5.10 Å². The average Bonchev–Trinajstić information content (AvgIpc) is 2.59. The molecule has 0 saturated heterocycles. The average molecular weight is 165 g/mol. The molecule has 64 valence electrons. The first kappa shape index (κ1) is 7.34. The second kappa shape index (κ2) is 2.62. The van der Waals surface area contributed by atoms with Gasteiger partial charge in [-0.1, -0.05) is 5.16 Å². The first-order chi connectivity index (χ1) is 5.79. The number of aromatic nitrogens is 1. The van der Waals surface area contributed by atoms with E-state index in [4.69, 9.17) is 4.52 Å². The van der Waals surface area contributed by atoms with E-state index in [2.05, 4.69) is 10.3 Å². The quantitative estimate of drug-likeness (QED) is 0.630. The lowest BCUT2D eigenvalue weighted by molar-refractivity contribution is 0.287. The predicted octanol–water partition coefficient (Wildman–Crippen LogP) is 1.35. The second-order valence-electron chi connectivity index (χ2n) is 2.98. The number of rotatable bonds is 1. The summed E-state index contributed by atoms with van der Waals surface area (Å²) in [5, 5.41) is 9.92. The van der Waals surface area contributed by atoms with Gasteiger partial charge in [-0.05, 0) is 6.92 Å². The molecule has 0 aliphatic carbocycles. The van der Waals surface area contributed by atoms with E-state index in [1.54, 1.807) is 6.26 Å². The van der Waals surface area contributed by atoms with E-state index >= 15 is 0 Å². The summed E-state index contributed by atoms with van der Waals surface area (Å²) in [4.78, 5) is 0. The van der Waals surface area contributed by atoms with Crippen LogP contribution in [0.5, 0.6) is 0 Å². The topological polar surface area (TPSA) is 41.6 Å². The van der Waals surface area contributed by atoms with Crippen LogP contribution in [0.4, 0.5) is 0 Å². The predicted molar refractivity (Wildman–Crippen MR) is 44.9 cm³/mol. The van der Waals surface area contributed by atoms with Gasteiger partial charge in [0.2, 0.25) is 0 Å². The Morgan fingerprint density at radius 2 is 2.50 bits per heavy atom. The monoisotopic (exact) mass is 165 g/mol. The number of aryl methyl sites for hydroxylation is 1. The molecule has 2 heterocycles. The molecule has 0 bridgehead atoms. The fraction of sp³-hybridized carbons (Fsp3) is 0.500. The standard InChI is InChI=1S/C8H11N3O/c1-6-7(5-12-10-6)8-3-4-9-11(8)2/h4-5,8H,3H2,1-2H3. The van der Waals surface area contributed by atoms with Crippen molar-refractivity contribution in [1.29, 1.82) is 0 Å². The van der Waals surface area contributed by atoms with Crippen LogP contribution in [-0.4, -0.2) is 23.4 Å². The Balaban J connectivity index is 2.26. The van der Waals surface area contributed by atoms with Crippen LogP contribution >= 0.6 is 0 Å². The SMILES string of the molecule is Cc1nocc1C1CC=NN1C. The van der Waals surface area contributed by atoms with Crippen molar-refractivity contribution in [2.75, 3.05) is 7.05 Å². The maximum Gasteiger partial charge on any atom is 0.129 e. The minimum absolute atomic E-state index is 0.316. The van der Waals surface area contributed by atoms with Crippen LogP contribution in [0.15, 0.2) is 15.9 Å². The van der Waals surface area contributed by atoms with Gasteiger partial charge in [-0.15, -0.1) is 0 Å². The van der Waals surface area contributed by atoms with Gasteiger partial charge in [0.15, 0.2) is 0 Å². The molecule has 2 rings (SSSR count). The van der Waals surface area contributed by atoms with Crippen molar-refractivity contribution in [3.05, 3.63) is 17.5 Å². The van der Waals surface area contributed by atoms with Crippen LogP contribution in [0.25, 0.3) is 0 Å². The number of nitrogens with zero attached hydrogens (tertiary/aromatic N) is 3. The molecule has 1 aliphatic rings. The molecule has 0 fully saturated rings. The normalized spacial score (nSPS) is 22.2. The van der Waals surface area contributed by atoms with Gasteiger partial charge < -0.3 is 4.52 Å². The molecule has 4 nitrogen and oxygen atoms in total. The Hall–Kier alpha value is -1.32. The highest BCUT2D eigenvalue weighted by Crippen LogP contribution is 2.27. The molecular weight excluding hydrogens is 154 g/mol. The Bertz CT molecular complexity index is 305. The van der Waals surface area contributed by atoms with Gasteiger partial charge in [-0.3, -0.25) is 5.01 Å². The van der Waals surface area contributed by atoms with E-state index in [-0.39, 0.29) is 0 Å². The highest BCUT2D eigenvalue weighted by molar-refractivity contribution is 5.60. The molecule has 0 N–H and O–H groups in total. The Kier molecular flexibility index (Phi) is 1.60. The van der Waals surface area contributed by atoms with Crippen molar-refractivity contribution in [2.24, 2.45) is 5.10 Å². The molecule has 4 heteroatoms. The van der Waals surface area contributed by atoms with Gasteiger partial charge in [0.1, 0.15) is 6.26 Å². The molecule has 1 atom stereocenters. The molecule has 0 radical (unpaired) electrons. The molecule has 0 amide bonds.